The summed E-state index contributed by atoms with van der Waals surface area (Å²) in [6.45, 7) is 2.67. The number of para-hydroxylation sites is 1. The highest BCUT2D eigenvalue weighted by Gasteiger charge is 2.19. The van der Waals surface area contributed by atoms with Crippen LogP contribution in [0.25, 0.3) is 42.3 Å². The normalized spacial score (nSPS) is 14.7. The van der Waals surface area contributed by atoms with Crippen LogP contribution in [0.1, 0.15) is 0 Å². The minimum atomic E-state index is -0.0360. The Balaban J connectivity index is 1.65. The summed E-state index contributed by atoms with van der Waals surface area (Å²) in [5, 5.41) is 3.50. The van der Waals surface area contributed by atoms with Gasteiger partial charge in [0.25, 0.3) is 0 Å². The molecular formula is C25H18ClNO3S. The molecule has 31 heavy (non-hydrogen) atoms. The molecule has 3 heterocycles. The Kier molecular flexibility index (Phi) is 4.49. The standard InChI is InChI=1S/C25H18ClNO3S/c26-19-9-8-16(25-23(19)18-4-1-2-7-21(18)31-25)15-5-3-6-17-20(28)14-22(30-24(15)17)27-10-12-29-13-11-27/h1-9,14H,10-13H2. The lowest BCUT2D eigenvalue weighted by Crippen LogP contribution is -2.36. The summed E-state index contributed by atoms with van der Waals surface area (Å²) in [4.78, 5) is 15.0. The van der Waals surface area contributed by atoms with Crippen molar-refractivity contribution in [1.82, 2.24) is 0 Å². The van der Waals surface area contributed by atoms with Crippen LogP contribution in [0, 0.1) is 0 Å². The topological polar surface area (TPSA) is 42.7 Å². The van der Waals surface area contributed by atoms with E-state index in [-0.39, 0.29) is 5.43 Å². The first-order valence-corrected chi connectivity index (χ1v) is 11.4. The molecule has 0 saturated carbocycles. The quantitative estimate of drug-likeness (QED) is 0.317. The van der Waals surface area contributed by atoms with Crippen LogP contribution in [0.2, 0.25) is 5.02 Å². The maximum atomic E-state index is 12.9. The molecule has 0 spiro atoms. The molecule has 0 N–H and O–H groups in total. The number of ether oxygens (including phenoxy) is 1. The van der Waals surface area contributed by atoms with Gasteiger partial charge >= 0.3 is 0 Å². The van der Waals surface area contributed by atoms with Gasteiger partial charge in [0.15, 0.2) is 11.3 Å². The zero-order valence-electron chi connectivity index (χ0n) is 16.6. The van der Waals surface area contributed by atoms with E-state index >= 15 is 0 Å². The molecule has 154 valence electrons. The average molecular weight is 448 g/mol. The molecule has 1 fully saturated rings. The van der Waals surface area contributed by atoms with Crippen molar-refractivity contribution in [3.05, 3.63) is 75.9 Å². The summed E-state index contributed by atoms with van der Waals surface area (Å²) in [6, 6.07) is 19.6. The van der Waals surface area contributed by atoms with Crippen molar-refractivity contribution >= 4 is 60.0 Å². The van der Waals surface area contributed by atoms with Crippen LogP contribution in [-0.4, -0.2) is 26.3 Å². The van der Waals surface area contributed by atoms with Crippen LogP contribution in [0.15, 0.2) is 69.9 Å². The Morgan fingerprint density at radius 1 is 0.903 bits per heavy atom. The molecule has 5 aromatic rings. The van der Waals surface area contributed by atoms with E-state index in [1.165, 1.54) is 4.70 Å². The van der Waals surface area contributed by atoms with Gasteiger partial charge in [0.05, 0.1) is 18.6 Å². The number of halogens is 1. The Morgan fingerprint density at radius 2 is 1.71 bits per heavy atom. The Labute approximate surface area is 187 Å². The number of rotatable bonds is 2. The molecule has 0 amide bonds. The molecular weight excluding hydrogens is 430 g/mol. The number of morpholine rings is 1. The van der Waals surface area contributed by atoms with Crippen LogP contribution in [0.3, 0.4) is 0 Å². The summed E-state index contributed by atoms with van der Waals surface area (Å²) in [6.07, 6.45) is 0. The maximum Gasteiger partial charge on any atom is 0.200 e. The minimum absolute atomic E-state index is 0.0360. The van der Waals surface area contributed by atoms with Crippen molar-refractivity contribution in [3.8, 4) is 11.1 Å². The molecule has 3 aromatic carbocycles. The first-order chi connectivity index (χ1) is 15.2. The highest BCUT2D eigenvalue weighted by molar-refractivity contribution is 7.26. The average Bonchev–Trinajstić information content (AvgIpc) is 3.20. The van der Waals surface area contributed by atoms with E-state index in [1.807, 2.05) is 42.5 Å². The SMILES string of the molecule is O=c1cc(N2CCOCC2)oc2c(-c3ccc(Cl)c4c3sc3ccccc34)cccc12. The van der Waals surface area contributed by atoms with Crippen LogP contribution in [0.5, 0.6) is 0 Å². The second-order valence-corrected chi connectivity index (χ2v) is 9.09. The molecule has 4 nitrogen and oxygen atoms in total. The molecule has 0 radical (unpaired) electrons. The van der Waals surface area contributed by atoms with E-state index in [0.29, 0.717) is 43.2 Å². The molecule has 1 aliphatic heterocycles. The minimum Gasteiger partial charge on any atom is -0.440 e. The van der Waals surface area contributed by atoms with Gasteiger partial charge in [-0.2, -0.15) is 0 Å². The third-order valence-electron chi connectivity index (χ3n) is 5.83. The van der Waals surface area contributed by atoms with Crippen LogP contribution in [-0.2, 0) is 4.74 Å². The van der Waals surface area contributed by atoms with E-state index in [9.17, 15) is 4.79 Å². The predicted molar refractivity (Wildman–Crippen MR) is 129 cm³/mol. The second kappa shape index (κ2) is 7.38. The summed E-state index contributed by atoms with van der Waals surface area (Å²) >= 11 is 8.33. The third-order valence-corrected chi connectivity index (χ3v) is 7.35. The first kappa shape index (κ1) is 18.9. The lowest BCUT2D eigenvalue weighted by Gasteiger charge is -2.27. The summed E-state index contributed by atoms with van der Waals surface area (Å²) in [7, 11) is 0. The lowest BCUT2D eigenvalue weighted by atomic mass is 10.0. The Morgan fingerprint density at radius 3 is 2.58 bits per heavy atom. The van der Waals surface area contributed by atoms with Gasteiger partial charge in [-0.25, -0.2) is 0 Å². The first-order valence-electron chi connectivity index (χ1n) is 10.2. The van der Waals surface area contributed by atoms with Crippen molar-refractivity contribution in [2.75, 3.05) is 31.2 Å². The number of nitrogens with zero attached hydrogens (tertiary/aromatic N) is 1. The predicted octanol–water partition coefficient (Wildman–Crippen LogP) is 6.32. The fraction of sp³-hybridized carbons (Fsp3) is 0.160. The van der Waals surface area contributed by atoms with Crippen LogP contribution < -0.4 is 10.3 Å². The highest BCUT2D eigenvalue weighted by Crippen LogP contribution is 2.44. The van der Waals surface area contributed by atoms with Gasteiger partial charge in [-0.05, 0) is 18.2 Å². The zero-order chi connectivity index (χ0) is 20.9. The van der Waals surface area contributed by atoms with Gasteiger partial charge in [0.2, 0.25) is 0 Å². The molecule has 0 bridgehead atoms. The summed E-state index contributed by atoms with van der Waals surface area (Å²) < 4.78 is 14.1. The van der Waals surface area contributed by atoms with E-state index in [0.717, 1.165) is 31.6 Å². The molecule has 0 atom stereocenters. The molecule has 0 unspecified atom stereocenters. The zero-order valence-corrected chi connectivity index (χ0v) is 18.1. The number of fused-ring (bicyclic) bond motifs is 4. The molecule has 2 aromatic heterocycles. The van der Waals surface area contributed by atoms with E-state index in [2.05, 4.69) is 17.0 Å². The summed E-state index contributed by atoms with van der Waals surface area (Å²) in [5.74, 6) is 0.592. The highest BCUT2D eigenvalue weighted by atomic mass is 35.5. The van der Waals surface area contributed by atoms with Gasteiger partial charge in [0.1, 0.15) is 5.58 Å². The van der Waals surface area contributed by atoms with Gasteiger partial charge in [-0.15, -0.1) is 11.3 Å². The van der Waals surface area contributed by atoms with Crippen molar-refractivity contribution in [2.24, 2.45) is 0 Å². The molecule has 6 heteroatoms. The number of anilines is 1. The molecule has 1 aliphatic rings. The molecule has 6 rings (SSSR count). The molecule has 0 aliphatic carbocycles. The Bertz CT molecular complexity index is 1510. The van der Waals surface area contributed by atoms with E-state index < -0.39 is 0 Å². The van der Waals surface area contributed by atoms with Gasteiger partial charge in [0, 0.05) is 55.5 Å². The van der Waals surface area contributed by atoms with E-state index in [1.54, 1.807) is 17.4 Å². The van der Waals surface area contributed by atoms with Crippen LogP contribution in [0.4, 0.5) is 5.88 Å². The largest absolute Gasteiger partial charge is 0.440 e. The number of hydrogen-bond donors (Lipinski definition) is 0. The maximum absolute atomic E-state index is 12.9. The Hall–Kier alpha value is -2.86. The number of thiophene rings is 1. The third kappa shape index (κ3) is 3.04. The fourth-order valence-electron chi connectivity index (χ4n) is 4.32. The van der Waals surface area contributed by atoms with Crippen molar-refractivity contribution in [2.45, 2.75) is 0 Å². The number of benzene rings is 3. The fourth-order valence-corrected chi connectivity index (χ4v) is 5.89. The van der Waals surface area contributed by atoms with Crippen molar-refractivity contribution < 1.29 is 9.15 Å². The smallest absolute Gasteiger partial charge is 0.200 e. The van der Waals surface area contributed by atoms with Crippen molar-refractivity contribution in [3.63, 3.8) is 0 Å². The lowest BCUT2D eigenvalue weighted by molar-refractivity contribution is 0.121. The number of hydrogen-bond acceptors (Lipinski definition) is 5. The van der Waals surface area contributed by atoms with Crippen molar-refractivity contribution in [1.29, 1.82) is 0 Å². The van der Waals surface area contributed by atoms with Gasteiger partial charge in [-0.1, -0.05) is 48.0 Å². The van der Waals surface area contributed by atoms with E-state index in [4.69, 9.17) is 20.8 Å². The monoisotopic (exact) mass is 447 g/mol. The molecule has 1 saturated heterocycles. The van der Waals surface area contributed by atoms with Gasteiger partial charge in [-0.3, -0.25) is 4.79 Å². The van der Waals surface area contributed by atoms with Crippen LogP contribution >= 0.6 is 22.9 Å². The summed E-state index contributed by atoms with van der Waals surface area (Å²) in [5.41, 5.74) is 2.50. The second-order valence-electron chi connectivity index (χ2n) is 7.63. The van der Waals surface area contributed by atoms with Gasteiger partial charge < -0.3 is 14.1 Å².